The smallest absolute Gasteiger partial charge is 0.249 e. The van der Waals surface area contributed by atoms with Crippen molar-refractivity contribution in [1.29, 1.82) is 0 Å². The zero-order valence-electron chi connectivity index (χ0n) is 14.6. The number of halogens is 4. The fraction of sp³-hybridized carbons (Fsp3) is 0.588. The monoisotopic (exact) mass is 458 g/mol. The molecule has 142 valence electrons. The first kappa shape index (κ1) is 22.7. The Morgan fingerprint density at radius 3 is 2.40 bits per heavy atom. The van der Waals surface area contributed by atoms with Crippen molar-refractivity contribution in [1.82, 2.24) is 0 Å². The predicted octanol–water partition coefficient (Wildman–Crippen LogP) is 5.31. The van der Waals surface area contributed by atoms with E-state index in [1.54, 1.807) is 20.8 Å². The van der Waals surface area contributed by atoms with Gasteiger partial charge in [0.2, 0.25) is 6.43 Å². The Balaban J connectivity index is 3.41. The fourth-order valence-corrected chi connectivity index (χ4v) is 4.72. The van der Waals surface area contributed by atoms with Gasteiger partial charge in [0.15, 0.2) is 5.12 Å². The first-order valence-corrected chi connectivity index (χ1v) is 10.8. The van der Waals surface area contributed by atoms with Gasteiger partial charge < -0.3 is 0 Å². The van der Waals surface area contributed by atoms with Crippen LogP contribution in [0, 0.1) is 5.82 Å². The van der Waals surface area contributed by atoms with Crippen LogP contribution in [-0.2, 0) is 21.0 Å². The summed E-state index contributed by atoms with van der Waals surface area (Å²) in [5.74, 6) is -1.03. The molecule has 0 radical (unpaired) electrons. The second kappa shape index (κ2) is 9.04. The molecule has 2 nitrogen and oxygen atoms in total. The van der Waals surface area contributed by atoms with Crippen molar-refractivity contribution in [2.75, 3.05) is 11.5 Å². The molecule has 0 N–H and O–H groups in total. The van der Waals surface area contributed by atoms with Gasteiger partial charge in [-0.05, 0) is 45.4 Å². The van der Waals surface area contributed by atoms with Gasteiger partial charge in [0, 0.05) is 44.0 Å². The summed E-state index contributed by atoms with van der Waals surface area (Å²) < 4.78 is 55.2. The third-order valence-corrected chi connectivity index (χ3v) is 7.26. The van der Waals surface area contributed by atoms with Crippen LogP contribution in [0.25, 0.3) is 0 Å². The van der Waals surface area contributed by atoms with Crippen molar-refractivity contribution in [3.8, 4) is 0 Å². The second-order valence-electron chi connectivity index (χ2n) is 6.77. The molecule has 0 saturated carbocycles. The highest BCUT2D eigenvalue weighted by Gasteiger charge is 2.46. The van der Waals surface area contributed by atoms with Crippen LogP contribution in [0.3, 0.4) is 0 Å². The predicted molar refractivity (Wildman–Crippen MR) is 102 cm³/mol. The Morgan fingerprint density at radius 2 is 1.92 bits per heavy atom. The number of carbonyl (C=O) groups is 1. The molecule has 0 fully saturated rings. The lowest BCUT2D eigenvalue weighted by atomic mass is 9.79. The Morgan fingerprint density at radius 1 is 1.32 bits per heavy atom. The normalized spacial score (nSPS) is 15.9. The van der Waals surface area contributed by atoms with E-state index in [9.17, 15) is 22.2 Å². The highest BCUT2D eigenvalue weighted by molar-refractivity contribution is 9.10. The lowest BCUT2D eigenvalue weighted by molar-refractivity contribution is -0.109. The van der Waals surface area contributed by atoms with E-state index in [0.29, 0.717) is 4.47 Å². The molecule has 1 aromatic carbocycles. The highest BCUT2D eigenvalue weighted by Crippen LogP contribution is 2.40. The second-order valence-corrected chi connectivity index (χ2v) is 11.2. The molecule has 1 aromatic rings. The minimum atomic E-state index is -2.92. The molecule has 0 aromatic heterocycles. The molecule has 0 aliphatic heterocycles. The molecule has 1 rings (SSSR count). The first-order valence-electron chi connectivity index (χ1n) is 7.65. The van der Waals surface area contributed by atoms with Crippen LogP contribution in [0.15, 0.2) is 22.7 Å². The zero-order chi connectivity index (χ0) is 19.4. The van der Waals surface area contributed by atoms with Crippen LogP contribution in [-0.4, -0.2) is 32.0 Å². The van der Waals surface area contributed by atoms with Gasteiger partial charge in [-0.3, -0.25) is 9.00 Å². The Hall–Kier alpha value is -0.340. The average molecular weight is 459 g/mol. The van der Waals surface area contributed by atoms with E-state index in [0.717, 1.165) is 17.8 Å². The molecule has 0 saturated heterocycles. The van der Waals surface area contributed by atoms with E-state index in [4.69, 9.17) is 0 Å². The minimum absolute atomic E-state index is 0.104. The average Bonchev–Trinajstić information content (AvgIpc) is 2.47. The number of carbonyl (C=O) groups excluding carboxylic acids is 1. The van der Waals surface area contributed by atoms with Crippen molar-refractivity contribution >= 4 is 43.6 Å². The maximum Gasteiger partial charge on any atom is 0.249 e. The standard InChI is InChI=1S/C17H22BrF3O2S2/c1-11(22)24-8-7-17(15(20)21,10-25(23)16(2,3)4)13-9-12(18)5-6-14(13)19/h5-6,9,15H,7-8,10H2,1-4H3/t17-,25+/m0/s1. The molecule has 0 spiro atoms. The number of hydrogen-bond donors (Lipinski definition) is 0. The maximum absolute atomic E-state index is 14.4. The van der Waals surface area contributed by atoms with Crippen LogP contribution in [0.2, 0.25) is 0 Å². The van der Waals surface area contributed by atoms with Gasteiger partial charge in [-0.25, -0.2) is 13.2 Å². The van der Waals surface area contributed by atoms with Gasteiger partial charge in [-0.15, -0.1) is 0 Å². The van der Waals surface area contributed by atoms with Crippen molar-refractivity contribution in [2.45, 2.75) is 50.7 Å². The van der Waals surface area contributed by atoms with E-state index >= 15 is 0 Å². The quantitative estimate of drug-likeness (QED) is 0.555. The molecule has 0 bridgehead atoms. The largest absolute Gasteiger partial charge is 0.288 e. The Kier molecular flexibility index (Phi) is 8.21. The summed E-state index contributed by atoms with van der Waals surface area (Å²) in [4.78, 5) is 11.2. The van der Waals surface area contributed by atoms with E-state index in [-0.39, 0.29) is 28.6 Å². The molecule has 2 atom stereocenters. The van der Waals surface area contributed by atoms with Crippen LogP contribution in [0.4, 0.5) is 13.2 Å². The van der Waals surface area contributed by atoms with Crippen molar-refractivity contribution < 1.29 is 22.2 Å². The molecule has 0 heterocycles. The summed E-state index contributed by atoms with van der Waals surface area (Å²) in [6.07, 6.45) is -3.07. The van der Waals surface area contributed by atoms with Crippen LogP contribution in [0.5, 0.6) is 0 Å². The number of thioether (sulfide) groups is 1. The first-order chi connectivity index (χ1) is 11.4. The molecule has 0 aliphatic rings. The lowest BCUT2D eigenvalue weighted by Gasteiger charge is -2.35. The topological polar surface area (TPSA) is 34.1 Å². The lowest BCUT2D eigenvalue weighted by Crippen LogP contribution is -2.44. The van der Waals surface area contributed by atoms with Gasteiger partial charge in [-0.1, -0.05) is 27.7 Å². The fourth-order valence-electron chi connectivity index (χ4n) is 2.28. The zero-order valence-corrected chi connectivity index (χ0v) is 17.8. The number of alkyl halides is 2. The highest BCUT2D eigenvalue weighted by atomic mass is 79.9. The summed E-state index contributed by atoms with van der Waals surface area (Å²) in [5.41, 5.74) is -2.09. The Labute approximate surface area is 161 Å². The summed E-state index contributed by atoms with van der Waals surface area (Å²) in [6, 6.07) is 3.87. The van der Waals surface area contributed by atoms with E-state index in [2.05, 4.69) is 15.9 Å². The molecule has 8 heteroatoms. The number of rotatable bonds is 7. The molecule has 0 aliphatic carbocycles. The summed E-state index contributed by atoms with van der Waals surface area (Å²) in [6.45, 7) is 6.44. The van der Waals surface area contributed by atoms with Crippen LogP contribution < -0.4 is 0 Å². The van der Waals surface area contributed by atoms with Gasteiger partial charge >= 0.3 is 0 Å². The number of hydrogen-bond acceptors (Lipinski definition) is 3. The Bertz CT molecular complexity index is 647. The van der Waals surface area contributed by atoms with Gasteiger partial charge in [-0.2, -0.15) is 0 Å². The number of benzene rings is 1. The summed E-state index contributed by atoms with van der Waals surface area (Å²) >= 11 is 4.10. The van der Waals surface area contributed by atoms with Crippen molar-refractivity contribution in [3.05, 3.63) is 34.1 Å². The molecule has 0 amide bonds. The van der Waals surface area contributed by atoms with Crippen molar-refractivity contribution in [3.63, 3.8) is 0 Å². The molecule has 25 heavy (non-hydrogen) atoms. The third kappa shape index (κ3) is 6.10. The molecular formula is C17H22BrF3O2S2. The van der Waals surface area contributed by atoms with E-state index < -0.39 is 33.2 Å². The van der Waals surface area contributed by atoms with Gasteiger partial charge in [0.25, 0.3) is 0 Å². The van der Waals surface area contributed by atoms with Crippen LogP contribution in [0.1, 0.15) is 39.7 Å². The third-order valence-electron chi connectivity index (χ3n) is 3.81. The molecular weight excluding hydrogens is 437 g/mol. The summed E-state index contributed by atoms with van der Waals surface area (Å²) in [5, 5.41) is -0.199. The van der Waals surface area contributed by atoms with Gasteiger partial charge in [0.1, 0.15) is 5.82 Å². The molecule has 0 unspecified atom stereocenters. The minimum Gasteiger partial charge on any atom is -0.288 e. The van der Waals surface area contributed by atoms with Crippen molar-refractivity contribution in [2.24, 2.45) is 0 Å². The van der Waals surface area contributed by atoms with Gasteiger partial charge in [0.05, 0.1) is 5.41 Å². The maximum atomic E-state index is 14.4. The van der Waals surface area contributed by atoms with Crippen LogP contribution >= 0.6 is 27.7 Å². The van der Waals surface area contributed by atoms with E-state index in [1.807, 2.05) is 0 Å². The van der Waals surface area contributed by atoms with E-state index in [1.165, 1.54) is 19.1 Å². The summed E-state index contributed by atoms with van der Waals surface area (Å²) in [7, 11) is -1.61. The SMILES string of the molecule is CC(=O)SCC[C@](C[S@@](=O)C(C)(C)C)(c1cc(Br)ccc1F)C(F)F.